The first-order valence-electron chi connectivity index (χ1n) is 9.93. The molecule has 1 saturated carbocycles. The summed E-state index contributed by atoms with van der Waals surface area (Å²) in [5, 5.41) is 2.74. The fraction of sp³-hybridized carbons (Fsp3) is 0.571. The van der Waals surface area contributed by atoms with Crippen LogP contribution in [0.5, 0.6) is 0 Å². The van der Waals surface area contributed by atoms with Gasteiger partial charge in [0.15, 0.2) is 6.10 Å². The van der Waals surface area contributed by atoms with Gasteiger partial charge >= 0.3 is 5.97 Å². The van der Waals surface area contributed by atoms with Crippen molar-refractivity contribution in [2.75, 3.05) is 31.6 Å². The van der Waals surface area contributed by atoms with E-state index in [9.17, 15) is 14.4 Å². The summed E-state index contributed by atoms with van der Waals surface area (Å²) in [6.45, 7) is 3.72. The number of benzene rings is 1. The lowest BCUT2D eigenvalue weighted by atomic mass is 9.82. The van der Waals surface area contributed by atoms with Gasteiger partial charge in [-0.1, -0.05) is 31.0 Å². The Morgan fingerprint density at radius 1 is 1.14 bits per heavy atom. The van der Waals surface area contributed by atoms with E-state index in [1.807, 2.05) is 18.2 Å². The van der Waals surface area contributed by atoms with E-state index in [0.717, 1.165) is 12.8 Å². The Balaban J connectivity index is 1.60. The van der Waals surface area contributed by atoms with Crippen LogP contribution in [0.1, 0.15) is 39.0 Å². The quantitative estimate of drug-likeness (QED) is 0.757. The summed E-state index contributed by atoms with van der Waals surface area (Å²) < 4.78 is 10.8. The number of esters is 1. The molecule has 2 fully saturated rings. The van der Waals surface area contributed by atoms with Gasteiger partial charge in [0.2, 0.25) is 5.91 Å². The highest BCUT2D eigenvalue weighted by molar-refractivity contribution is 5.96. The predicted octanol–water partition coefficient (Wildman–Crippen LogP) is 2.37. The summed E-state index contributed by atoms with van der Waals surface area (Å²) >= 11 is 0. The second-order valence-corrected chi connectivity index (χ2v) is 7.56. The largest absolute Gasteiger partial charge is 0.452 e. The van der Waals surface area contributed by atoms with Crippen LogP contribution in [0.25, 0.3) is 0 Å². The van der Waals surface area contributed by atoms with Gasteiger partial charge in [0.1, 0.15) is 0 Å². The molecule has 7 nitrogen and oxygen atoms in total. The molecule has 0 aromatic heterocycles. The van der Waals surface area contributed by atoms with E-state index < -0.39 is 17.5 Å². The molecular weight excluding hydrogens is 360 g/mol. The molecule has 1 atom stereocenters. The molecule has 7 heteroatoms. The van der Waals surface area contributed by atoms with Gasteiger partial charge in [-0.25, -0.2) is 0 Å². The van der Waals surface area contributed by atoms with E-state index in [0.29, 0.717) is 44.8 Å². The summed E-state index contributed by atoms with van der Waals surface area (Å²) in [4.78, 5) is 39.8. The highest BCUT2D eigenvalue weighted by atomic mass is 16.5. The number of para-hydroxylation sites is 1. The van der Waals surface area contributed by atoms with Crippen molar-refractivity contribution in [3.05, 3.63) is 30.3 Å². The highest BCUT2D eigenvalue weighted by Gasteiger charge is 2.46. The van der Waals surface area contributed by atoms with Gasteiger partial charge < -0.3 is 19.7 Å². The SMILES string of the molecule is C[C@@H](OC(=O)C1(CC(=O)N2CCOCC2)CCCC1)C(=O)Nc1ccccc1. The van der Waals surface area contributed by atoms with E-state index in [1.165, 1.54) is 0 Å². The van der Waals surface area contributed by atoms with E-state index in [1.54, 1.807) is 24.0 Å². The number of hydrogen-bond donors (Lipinski definition) is 1. The number of nitrogens with one attached hydrogen (secondary N) is 1. The van der Waals surface area contributed by atoms with Crippen molar-refractivity contribution < 1.29 is 23.9 Å². The zero-order valence-corrected chi connectivity index (χ0v) is 16.3. The Kier molecular flexibility index (Phi) is 6.67. The normalized spacial score (nSPS) is 19.7. The number of hydrogen-bond acceptors (Lipinski definition) is 5. The molecule has 1 aromatic rings. The maximum Gasteiger partial charge on any atom is 0.313 e. The van der Waals surface area contributed by atoms with E-state index in [4.69, 9.17) is 9.47 Å². The van der Waals surface area contributed by atoms with Gasteiger partial charge in [0.05, 0.1) is 18.6 Å². The van der Waals surface area contributed by atoms with Gasteiger partial charge in [-0.05, 0) is 31.9 Å². The van der Waals surface area contributed by atoms with Crippen molar-refractivity contribution in [1.29, 1.82) is 0 Å². The number of nitrogens with zero attached hydrogens (tertiary/aromatic N) is 1. The van der Waals surface area contributed by atoms with Crippen molar-refractivity contribution >= 4 is 23.5 Å². The first-order valence-corrected chi connectivity index (χ1v) is 9.93. The van der Waals surface area contributed by atoms with Gasteiger partial charge in [0, 0.05) is 25.2 Å². The average molecular weight is 388 g/mol. The lowest BCUT2D eigenvalue weighted by molar-refractivity contribution is -0.166. The maximum atomic E-state index is 13.0. The second kappa shape index (κ2) is 9.19. The molecule has 28 heavy (non-hydrogen) atoms. The molecule has 1 aliphatic carbocycles. The third kappa shape index (κ3) is 4.90. The Labute approximate surface area is 165 Å². The molecule has 0 radical (unpaired) electrons. The molecule has 0 unspecified atom stereocenters. The number of ether oxygens (including phenoxy) is 2. The fourth-order valence-electron chi connectivity index (χ4n) is 3.82. The van der Waals surface area contributed by atoms with Gasteiger partial charge in [-0.3, -0.25) is 14.4 Å². The molecule has 3 rings (SSSR count). The molecule has 1 N–H and O–H groups in total. The van der Waals surface area contributed by atoms with Crippen LogP contribution in [-0.2, 0) is 23.9 Å². The fourth-order valence-corrected chi connectivity index (χ4v) is 3.82. The van der Waals surface area contributed by atoms with Gasteiger partial charge in [-0.15, -0.1) is 0 Å². The first-order chi connectivity index (χ1) is 13.5. The molecule has 2 aliphatic rings. The summed E-state index contributed by atoms with van der Waals surface area (Å²) in [6, 6.07) is 9.03. The van der Waals surface area contributed by atoms with Crippen LogP contribution >= 0.6 is 0 Å². The van der Waals surface area contributed by atoms with Crippen LogP contribution in [0.15, 0.2) is 30.3 Å². The molecule has 152 valence electrons. The van der Waals surface area contributed by atoms with Crippen LogP contribution in [0, 0.1) is 5.41 Å². The zero-order chi connectivity index (χ0) is 20.0. The van der Waals surface area contributed by atoms with Crippen LogP contribution < -0.4 is 5.32 Å². The minimum absolute atomic E-state index is 0.0384. The van der Waals surface area contributed by atoms with Gasteiger partial charge in [-0.2, -0.15) is 0 Å². The minimum Gasteiger partial charge on any atom is -0.452 e. The van der Waals surface area contributed by atoms with Crippen molar-refractivity contribution in [2.45, 2.75) is 45.1 Å². The van der Waals surface area contributed by atoms with E-state index in [-0.39, 0.29) is 18.2 Å². The average Bonchev–Trinajstić information content (AvgIpc) is 3.19. The topological polar surface area (TPSA) is 84.9 Å². The van der Waals surface area contributed by atoms with Gasteiger partial charge in [0.25, 0.3) is 5.91 Å². The highest BCUT2D eigenvalue weighted by Crippen LogP contribution is 2.43. The summed E-state index contributed by atoms with van der Waals surface area (Å²) in [7, 11) is 0. The lowest BCUT2D eigenvalue weighted by Gasteiger charge is -2.32. The zero-order valence-electron chi connectivity index (χ0n) is 16.3. The molecule has 0 spiro atoms. The standard InChI is InChI=1S/C21H28N2O5/c1-16(19(25)22-17-7-3-2-4-8-17)28-20(26)21(9-5-6-10-21)15-18(24)23-11-13-27-14-12-23/h2-4,7-8,16H,5-6,9-15H2,1H3,(H,22,25)/t16-/m1/s1. The molecule has 0 bridgehead atoms. The molecule has 1 heterocycles. The number of rotatable bonds is 6. The maximum absolute atomic E-state index is 13.0. The Morgan fingerprint density at radius 3 is 2.43 bits per heavy atom. The molecule has 1 aromatic carbocycles. The van der Waals surface area contributed by atoms with E-state index in [2.05, 4.69) is 5.32 Å². The Morgan fingerprint density at radius 2 is 1.79 bits per heavy atom. The predicted molar refractivity (Wildman–Crippen MR) is 104 cm³/mol. The van der Waals surface area contributed by atoms with Crippen LogP contribution in [0.3, 0.4) is 0 Å². The number of amides is 2. The van der Waals surface area contributed by atoms with Crippen LogP contribution in [0.4, 0.5) is 5.69 Å². The monoisotopic (exact) mass is 388 g/mol. The molecule has 1 saturated heterocycles. The summed E-state index contributed by atoms with van der Waals surface area (Å²) in [5.74, 6) is -0.863. The molecular formula is C21H28N2O5. The lowest BCUT2D eigenvalue weighted by Crippen LogP contribution is -2.45. The van der Waals surface area contributed by atoms with E-state index >= 15 is 0 Å². The summed E-state index contributed by atoms with van der Waals surface area (Å²) in [5.41, 5.74) is -0.176. The first kappa shape index (κ1) is 20.3. The number of anilines is 1. The van der Waals surface area contributed by atoms with Crippen molar-refractivity contribution in [1.82, 2.24) is 4.90 Å². The van der Waals surface area contributed by atoms with Crippen molar-refractivity contribution in [2.24, 2.45) is 5.41 Å². The summed E-state index contributed by atoms with van der Waals surface area (Å²) in [6.07, 6.45) is 2.22. The Hall–Kier alpha value is -2.41. The van der Waals surface area contributed by atoms with Crippen LogP contribution in [0.2, 0.25) is 0 Å². The number of carbonyl (C=O) groups is 3. The van der Waals surface area contributed by atoms with Crippen molar-refractivity contribution in [3.8, 4) is 0 Å². The Bertz CT molecular complexity index is 694. The second-order valence-electron chi connectivity index (χ2n) is 7.56. The molecule has 2 amide bonds. The number of carbonyl (C=O) groups excluding carboxylic acids is 3. The van der Waals surface area contributed by atoms with Crippen molar-refractivity contribution in [3.63, 3.8) is 0 Å². The third-order valence-corrected chi connectivity index (χ3v) is 5.54. The molecule has 1 aliphatic heterocycles. The minimum atomic E-state index is -0.927. The van der Waals surface area contributed by atoms with Crippen LogP contribution in [-0.4, -0.2) is 55.1 Å². The number of morpholine rings is 1. The smallest absolute Gasteiger partial charge is 0.313 e. The third-order valence-electron chi connectivity index (χ3n) is 5.54.